The van der Waals surface area contributed by atoms with Gasteiger partial charge in [0, 0.05) is 38.6 Å². The fourth-order valence-corrected chi connectivity index (χ4v) is 6.33. The van der Waals surface area contributed by atoms with E-state index in [0.29, 0.717) is 25.7 Å². The summed E-state index contributed by atoms with van der Waals surface area (Å²) in [5, 5.41) is 7.20. The van der Waals surface area contributed by atoms with Crippen molar-refractivity contribution in [3.8, 4) is 0 Å². The van der Waals surface area contributed by atoms with Crippen molar-refractivity contribution < 1.29 is 38.1 Å². The maximum atomic E-state index is 12.1. The molecular formula is C36H51BrN8O8S2. The van der Waals surface area contributed by atoms with Crippen LogP contribution in [0.15, 0.2) is 45.6 Å². The smallest absolute Gasteiger partial charge is 0.407 e. The van der Waals surface area contributed by atoms with E-state index in [-0.39, 0.29) is 25.3 Å². The first kappa shape index (κ1) is 45.3. The number of nitrogens with zero attached hydrogens (tertiary/aromatic N) is 6. The minimum Gasteiger partial charge on any atom is -0.464 e. The second-order valence-corrected chi connectivity index (χ2v) is 16.7. The van der Waals surface area contributed by atoms with Crippen LogP contribution in [-0.2, 0) is 41.4 Å². The summed E-state index contributed by atoms with van der Waals surface area (Å²) in [6, 6.07) is -0.762. The molecule has 0 saturated carbocycles. The molecule has 2 atom stereocenters. The maximum absolute atomic E-state index is 12.1. The average Bonchev–Trinajstić information content (AvgIpc) is 3.71. The first-order chi connectivity index (χ1) is 25.8. The van der Waals surface area contributed by atoms with Crippen LogP contribution in [0.25, 0.3) is 11.3 Å². The molecule has 0 aliphatic heterocycles. The van der Waals surface area contributed by atoms with Gasteiger partial charge in [0.25, 0.3) is 0 Å². The molecule has 2 N–H and O–H groups in total. The van der Waals surface area contributed by atoms with Crippen molar-refractivity contribution in [2.75, 3.05) is 25.7 Å². The third-order valence-electron chi connectivity index (χ3n) is 7.16. The molecule has 0 bridgehead atoms. The number of hydrogen-bond donors (Lipinski definition) is 2. The monoisotopic (exact) mass is 866 g/mol. The number of amides is 2. The highest BCUT2D eigenvalue weighted by molar-refractivity contribution is 9.10. The molecule has 0 aromatic carbocycles. The van der Waals surface area contributed by atoms with Crippen LogP contribution in [0, 0.1) is 0 Å². The van der Waals surface area contributed by atoms with Gasteiger partial charge in [-0.3, -0.25) is 14.0 Å². The van der Waals surface area contributed by atoms with Crippen molar-refractivity contribution in [2.24, 2.45) is 0 Å². The van der Waals surface area contributed by atoms with Crippen LogP contribution in [0.3, 0.4) is 0 Å². The van der Waals surface area contributed by atoms with Crippen LogP contribution in [0.5, 0.6) is 0 Å². The third kappa shape index (κ3) is 15.9. The van der Waals surface area contributed by atoms with Gasteiger partial charge in [0.1, 0.15) is 39.1 Å². The minimum atomic E-state index is -0.608. The van der Waals surface area contributed by atoms with Crippen molar-refractivity contribution >= 4 is 74.9 Å². The van der Waals surface area contributed by atoms with Crippen molar-refractivity contribution in [1.29, 1.82) is 0 Å². The summed E-state index contributed by atoms with van der Waals surface area (Å²) in [6.07, 6.45) is 14.2. The minimum absolute atomic E-state index is 0.0704. The molecule has 0 radical (unpaired) electrons. The number of hydrogen-bond acceptors (Lipinski definition) is 14. The molecule has 0 aliphatic rings. The summed E-state index contributed by atoms with van der Waals surface area (Å²) in [4.78, 5) is 64.4. The summed E-state index contributed by atoms with van der Waals surface area (Å²) in [7, 11) is 0. The molecule has 4 aromatic rings. The van der Waals surface area contributed by atoms with E-state index in [1.54, 1.807) is 53.9 Å². The third-order valence-corrected chi connectivity index (χ3v) is 9.07. The van der Waals surface area contributed by atoms with Gasteiger partial charge in [0.2, 0.25) is 0 Å². The molecule has 4 heterocycles. The van der Waals surface area contributed by atoms with E-state index in [4.69, 9.17) is 18.9 Å². The van der Waals surface area contributed by atoms with Crippen LogP contribution in [-0.4, -0.2) is 102 Å². The lowest BCUT2D eigenvalue weighted by Crippen LogP contribution is -2.42. The van der Waals surface area contributed by atoms with Crippen LogP contribution in [0.2, 0.25) is 0 Å². The quantitative estimate of drug-likeness (QED) is 0.0800. The molecule has 0 saturated heterocycles. The summed E-state index contributed by atoms with van der Waals surface area (Å²) < 4.78 is 25.4. The predicted molar refractivity (Wildman–Crippen MR) is 213 cm³/mol. The number of fused-ring (bicyclic) bond motifs is 2. The normalized spacial score (nSPS) is 12.6. The van der Waals surface area contributed by atoms with E-state index in [1.807, 2.05) is 39.9 Å². The Morgan fingerprint density at radius 2 is 1.24 bits per heavy atom. The molecular weight excluding hydrogens is 816 g/mol. The molecule has 4 rings (SSSR count). The Morgan fingerprint density at radius 3 is 1.69 bits per heavy atom. The number of rotatable bonds is 14. The van der Waals surface area contributed by atoms with Crippen LogP contribution in [0.1, 0.15) is 79.6 Å². The maximum Gasteiger partial charge on any atom is 0.407 e. The lowest BCUT2D eigenvalue weighted by Gasteiger charge is -2.23. The van der Waals surface area contributed by atoms with Gasteiger partial charge < -0.3 is 34.0 Å². The molecule has 302 valence electrons. The Kier molecular flexibility index (Phi) is 17.1. The second kappa shape index (κ2) is 20.7. The standard InChI is InChI=1S/C18H25BrN4O4S.C18H26N4O4S/c1-11(24)26-10-13(22-17(25)27-18(2,3)4)7-6-12-9-23-14(19)8-20-15(23)16(21-12)28-5;1-12(23)25-11-14(21-17(24)26-18(2,3)4)7-6-13-10-22-9-8-19-15(22)16(20-13)27-5/h8-9,13H,6-7,10H2,1-5H3,(H,22,25);8-10,14H,6-7,11H2,1-5H3,(H,21,24). The molecule has 16 nitrogen and oxygen atoms in total. The zero-order chi connectivity index (χ0) is 40.9. The van der Waals surface area contributed by atoms with Crippen molar-refractivity contribution in [1.82, 2.24) is 39.4 Å². The van der Waals surface area contributed by atoms with Crippen molar-refractivity contribution in [2.45, 2.75) is 114 Å². The number of carbonyl (C=O) groups is 4. The number of halogens is 1. The van der Waals surface area contributed by atoms with Crippen LogP contribution < -0.4 is 10.6 Å². The van der Waals surface area contributed by atoms with E-state index in [1.165, 1.54) is 37.4 Å². The Labute approximate surface area is 338 Å². The molecule has 0 aliphatic carbocycles. The average molecular weight is 868 g/mol. The molecule has 19 heteroatoms. The molecule has 0 spiro atoms. The number of nitrogens with one attached hydrogen (secondary N) is 2. The Balaban J connectivity index is 0.000000296. The SMILES string of the molecule is CSc1nc(CCC(COC(C)=O)NC(=O)OC(C)(C)C)cn2c(Br)cnc12.CSc1nc(CCC(COC(C)=O)NC(=O)OC(C)(C)C)cn2ccnc12. The van der Waals surface area contributed by atoms with E-state index in [9.17, 15) is 19.2 Å². The van der Waals surface area contributed by atoms with Gasteiger partial charge in [-0.15, -0.1) is 23.5 Å². The van der Waals surface area contributed by atoms with E-state index in [2.05, 4.69) is 46.5 Å². The molecule has 0 fully saturated rings. The van der Waals surface area contributed by atoms with Gasteiger partial charge in [-0.05, 0) is 95.7 Å². The van der Waals surface area contributed by atoms with Gasteiger partial charge in [-0.1, -0.05) is 0 Å². The number of carbonyl (C=O) groups excluding carboxylic acids is 4. The van der Waals surface area contributed by atoms with Gasteiger partial charge >= 0.3 is 24.1 Å². The Bertz CT molecular complexity index is 1930. The molecule has 55 heavy (non-hydrogen) atoms. The topological polar surface area (TPSA) is 190 Å². The lowest BCUT2D eigenvalue weighted by atomic mass is 10.1. The van der Waals surface area contributed by atoms with Gasteiger partial charge in [0.15, 0.2) is 11.3 Å². The number of aryl methyl sites for hydroxylation is 2. The van der Waals surface area contributed by atoms with Gasteiger partial charge in [-0.2, -0.15) is 0 Å². The van der Waals surface area contributed by atoms with Crippen LogP contribution >= 0.6 is 39.5 Å². The first-order valence-electron chi connectivity index (χ1n) is 17.5. The zero-order valence-electron chi connectivity index (χ0n) is 32.9. The summed E-state index contributed by atoms with van der Waals surface area (Å²) >= 11 is 6.52. The fraction of sp³-hybridized carbons (Fsp3) is 0.556. The number of esters is 2. The number of alkyl carbamates (subject to hydrolysis) is 2. The Hall–Kier alpha value is -4.10. The highest BCUT2D eigenvalue weighted by atomic mass is 79.9. The molecule has 4 aromatic heterocycles. The highest BCUT2D eigenvalue weighted by Gasteiger charge is 2.22. The largest absolute Gasteiger partial charge is 0.464 e. The second-order valence-electron chi connectivity index (χ2n) is 14.3. The van der Waals surface area contributed by atoms with Gasteiger partial charge in [0.05, 0.1) is 29.7 Å². The van der Waals surface area contributed by atoms with Gasteiger partial charge in [-0.25, -0.2) is 29.5 Å². The fourth-order valence-electron chi connectivity index (χ4n) is 4.87. The lowest BCUT2D eigenvalue weighted by molar-refractivity contribution is -0.142. The number of ether oxygens (including phenoxy) is 4. The summed E-state index contributed by atoms with van der Waals surface area (Å²) in [6.45, 7) is 13.6. The summed E-state index contributed by atoms with van der Waals surface area (Å²) in [5.41, 5.74) is 2.10. The molecule has 2 amide bonds. The summed E-state index contributed by atoms with van der Waals surface area (Å²) in [5.74, 6) is -0.795. The van der Waals surface area contributed by atoms with Crippen molar-refractivity contribution in [3.05, 3.63) is 47.0 Å². The van der Waals surface area contributed by atoms with E-state index in [0.717, 1.165) is 37.3 Å². The number of thioether (sulfide) groups is 2. The van der Waals surface area contributed by atoms with Crippen LogP contribution in [0.4, 0.5) is 9.59 Å². The Morgan fingerprint density at radius 1 is 0.764 bits per heavy atom. The van der Waals surface area contributed by atoms with E-state index < -0.39 is 35.3 Å². The zero-order valence-corrected chi connectivity index (χ0v) is 36.1. The number of imidazole rings is 2. The molecule has 2 unspecified atom stereocenters. The highest BCUT2D eigenvalue weighted by Crippen LogP contribution is 2.23. The first-order valence-corrected chi connectivity index (χ1v) is 20.7. The number of aromatic nitrogens is 6. The van der Waals surface area contributed by atoms with Crippen molar-refractivity contribution in [3.63, 3.8) is 0 Å². The predicted octanol–water partition coefficient (Wildman–Crippen LogP) is 6.44. The van der Waals surface area contributed by atoms with E-state index >= 15 is 0 Å².